The van der Waals surface area contributed by atoms with Gasteiger partial charge in [0.15, 0.2) is 0 Å². The number of anilines is 1. The van der Waals surface area contributed by atoms with Crippen molar-refractivity contribution in [2.75, 3.05) is 5.73 Å². The highest BCUT2D eigenvalue weighted by Crippen LogP contribution is 2.38. The van der Waals surface area contributed by atoms with Crippen LogP contribution in [0.25, 0.3) is 6.08 Å². The molecule has 1 aromatic heterocycles. The lowest BCUT2D eigenvalue weighted by Crippen LogP contribution is -2.39. The second kappa shape index (κ2) is 12.5. The smallest absolute Gasteiger partial charge is 0.342 e. The zero-order valence-electron chi connectivity index (χ0n) is 26.6. The molecule has 1 amide bonds. The van der Waals surface area contributed by atoms with Gasteiger partial charge in [-0.15, -0.1) is 0 Å². The SMILES string of the molecule is CC(=O)NC1=N/C(=C\c2[nH]c(N)c(C(=O)OC3C(C)CC(C)CC3C)c2C)C(C)=C1C(=O)OC1C(C)CC(C)CC1C. The molecule has 0 aromatic carbocycles. The van der Waals surface area contributed by atoms with E-state index in [1.807, 2.05) is 0 Å². The normalized spacial score (nSPS) is 32.5. The summed E-state index contributed by atoms with van der Waals surface area (Å²) >= 11 is 0. The molecule has 0 spiro atoms. The summed E-state index contributed by atoms with van der Waals surface area (Å²) in [6.45, 7) is 17.9. The fourth-order valence-corrected chi connectivity index (χ4v) is 7.61. The third-order valence-electron chi connectivity index (χ3n) is 9.36. The van der Waals surface area contributed by atoms with Gasteiger partial charge in [-0.05, 0) is 92.3 Å². The van der Waals surface area contributed by atoms with Gasteiger partial charge in [0.25, 0.3) is 0 Å². The number of nitrogens with one attached hydrogen (secondary N) is 2. The first-order valence-electron chi connectivity index (χ1n) is 15.4. The van der Waals surface area contributed by atoms with E-state index in [4.69, 9.17) is 15.2 Å². The average molecular weight is 581 g/mol. The van der Waals surface area contributed by atoms with E-state index in [0.717, 1.165) is 25.7 Å². The number of esters is 2. The molecule has 4 atom stereocenters. The third-order valence-corrected chi connectivity index (χ3v) is 9.36. The molecular weight excluding hydrogens is 532 g/mol. The number of aromatic nitrogens is 1. The van der Waals surface area contributed by atoms with Crippen LogP contribution in [0.4, 0.5) is 5.82 Å². The molecule has 230 valence electrons. The van der Waals surface area contributed by atoms with Crippen molar-refractivity contribution in [1.82, 2.24) is 10.3 Å². The number of nitrogens with zero attached hydrogens (tertiary/aromatic N) is 1. The fourth-order valence-electron chi connectivity index (χ4n) is 7.61. The van der Waals surface area contributed by atoms with Crippen LogP contribution in [0.3, 0.4) is 0 Å². The van der Waals surface area contributed by atoms with E-state index in [1.165, 1.54) is 6.92 Å². The van der Waals surface area contributed by atoms with E-state index in [1.54, 1.807) is 19.9 Å². The number of aromatic amines is 1. The van der Waals surface area contributed by atoms with Gasteiger partial charge >= 0.3 is 11.9 Å². The highest BCUT2D eigenvalue weighted by atomic mass is 16.5. The molecule has 0 bridgehead atoms. The molecule has 2 heterocycles. The van der Waals surface area contributed by atoms with Crippen LogP contribution < -0.4 is 11.1 Å². The minimum absolute atomic E-state index is 0.159. The van der Waals surface area contributed by atoms with Crippen LogP contribution in [0.5, 0.6) is 0 Å². The number of nitrogen functional groups attached to an aromatic ring is 1. The minimum Gasteiger partial charge on any atom is -0.458 e. The maximum atomic E-state index is 13.5. The van der Waals surface area contributed by atoms with E-state index in [9.17, 15) is 14.4 Å². The number of allylic oxidation sites excluding steroid dienone is 1. The number of amides is 1. The Labute approximate surface area is 249 Å². The van der Waals surface area contributed by atoms with E-state index in [0.29, 0.717) is 39.9 Å². The largest absolute Gasteiger partial charge is 0.458 e. The predicted octanol–water partition coefficient (Wildman–Crippen LogP) is 5.95. The van der Waals surface area contributed by atoms with Crippen LogP contribution >= 0.6 is 0 Å². The summed E-state index contributed by atoms with van der Waals surface area (Å²) in [6.07, 6.45) is 5.38. The van der Waals surface area contributed by atoms with Gasteiger partial charge in [0.05, 0.1) is 5.70 Å². The molecule has 0 saturated heterocycles. The number of H-pyrrole nitrogens is 1. The Morgan fingerprint density at radius 1 is 0.857 bits per heavy atom. The quantitative estimate of drug-likeness (QED) is 0.368. The van der Waals surface area contributed by atoms with Gasteiger partial charge in [-0.25, -0.2) is 14.6 Å². The third kappa shape index (κ3) is 6.50. The van der Waals surface area contributed by atoms with Crippen LogP contribution in [-0.2, 0) is 19.1 Å². The van der Waals surface area contributed by atoms with E-state index in [-0.39, 0.29) is 59.0 Å². The van der Waals surface area contributed by atoms with Crippen LogP contribution in [0.15, 0.2) is 21.8 Å². The standard InChI is InChI=1S/C33H48N4O5/c1-15-10-17(3)28(18(4)11-15)41-32(39)26-21(7)24(36-30(26)34)14-25-22(8)27(31(37-25)35-23(9)38)33(40)42-29-19(5)12-16(2)13-20(29)6/h14-20,28-29,36H,10-13,34H2,1-9H3,(H,35,37,38)/b25-14-. The maximum absolute atomic E-state index is 13.5. The summed E-state index contributed by atoms with van der Waals surface area (Å²) in [7, 11) is 0. The second-order valence-electron chi connectivity index (χ2n) is 13.4. The average Bonchev–Trinajstić information content (AvgIpc) is 3.32. The van der Waals surface area contributed by atoms with E-state index < -0.39 is 11.9 Å². The molecule has 9 nitrogen and oxygen atoms in total. The molecule has 0 radical (unpaired) electrons. The number of rotatable bonds is 5. The summed E-state index contributed by atoms with van der Waals surface area (Å²) in [4.78, 5) is 46.6. The van der Waals surface area contributed by atoms with Gasteiger partial charge in [0.2, 0.25) is 5.91 Å². The number of ether oxygens (including phenoxy) is 2. The monoisotopic (exact) mass is 580 g/mol. The van der Waals surface area contributed by atoms with Crippen molar-refractivity contribution in [3.8, 4) is 0 Å². The first-order valence-corrected chi connectivity index (χ1v) is 15.4. The topological polar surface area (TPSA) is 136 Å². The molecule has 1 aromatic rings. The lowest BCUT2D eigenvalue weighted by atomic mass is 9.75. The zero-order valence-corrected chi connectivity index (χ0v) is 26.6. The highest BCUT2D eigenvalue weighted by molar-refractivity contribution is 6.25. The van der Waals surface area contributed by atoms with Gasteiger partial charge in [-0.1, -0.05) is 41.5 Å². The minimum atomic E-state index is -0.501. The Bertz CT molecular complexity index is 1310. The fraction of sp³-hybridized carbons (Fsp3) is 0.636. The van der Waals surface area contributed by atoms with Crippen molar-refractivity contribution < 1.29 is 23.9 Å². The summed E-state index contributed by atoms with van der Waals surface area (Å²) in [6, 6.07) is 0. The summed E-state index contributed by atoms with van der Waals surface area (Å²) < 4.78 is 12.1. The Morgan fingerprint density at radius 2 is 1.33 bits per heavy atom. The summed E-state index contributed by atoms with van der Waals surface area (Å²) in [5.41, 5.74) is 9.09. The molecule has 2 saturated carbocycles. The molecule has 9 heteroatoms. The lowest BCUT2D eigenvalue weighted by Gasteiger charge is -2.37. The Kier molecular flexibility index (Phi) is 9.38. The number of aliphatic imine (C=N–C) groups is 1. The summed E-state index contributed by atoms with van der Waals surface area (Å²) in [5.74, 6) is 1.28. The molecule has 1 aliphatic heterocycles. The molecular formula is C33H48N4O5. The molecule has 2 aliphatic carbocycles. The Morgan fingerprint density at radius 3 is 1.81 bits per heavy atom. The molecule has 2 fully saturated rings. The molecule has 3 aliphatic rings. The van der Waals surface area contributed by atoms with Gasteiger partial charge in [-0.3, -0.25) is 4.79 Å². The van der Waals surface area contributed by atoms with Crippen LogP contribution in [0, 0.1) is 42.4 Å². The zero-order chi connectivity index (χ0) is 31.0. The molecule has 4 N–H and O–H groups in total. The Balaban J connectivity index is 1.61. The number of carbonyl (C=O) groups is 3. The second-order valence-corrected chi connectivity index (χ2v) is 13.4. The Hall–Kier alpha value is -3.36. The van der Waals surface area contributed by atoms with Crippen molar-refractivity contribution in [2.45, 2.75) is 100 Å². The number of carbonyl (C=O) groups excluding carboxylic acids is 3. The maximum Gasteiger partial charge on any atom is 0.342 e. The van der Waals surface area contributed by atoms with Crippen molar-refractivity contribution in [1.29, 1.82) is 0 Å². The van der Waals surface area contributed by atoms with Crippen molar-refractivity contribution >= 4 is 35.6 Å². The van der Waals surface area contributed by atoms with Crippen LogP contribution in [0.2, 0.25) is 0 Å². The lowest BCUT2D eigenvalue weighted by molar-refractivity contribution is -0.152. The molecule has 42 heavy (non-hydrogen) atoms. The van der Waals surface area contributed by atoms with Crippen LogP contribution in [0.1, 0.15) is 103 Å². The van der Waals surface area contributed by atoms with Crippen molar-refractivity contribution in [2.24, 2.45) is 40.5 Å². The number of nitrogens with two attached hydrogens (primary N) is 1. The van der Waals surface area contributed by atoms with Crippen LogP contribution in [-0.4, -0.2) is 40.9 Å². The van der Waals surface area contributed by atoms with E-state index >= 15 is 0 Å². The number of amidine groups is 1. The van der Waals surface area contributed by atoms with Gasteiger partial charge in [0, 0.05) is 12.6 Å². The molecule has 4 rings (SSSR count). The number of hydrogen-bond donors (Lipinski definition) is 3. The van der Waals surface area contributed by atoms with E-state index in [2.05, 4.69) is 56.8 Å². The van der Waals surface area contributed by atoms with Gasteiger partial charge in [0.1, 0.15) is 35.0 Å². The number of hydrogen-bond acceptors (Lipinski definition) is 7. The first kappa shape index (κ1) is 31.6. The van der Waals surface area contributed by atoms with Gasteiger partial charge < -0.3 is 25.5 Å². The van der Waals surface area contributed by atoms with Gasteiger partial charge in [-0.2, -0.15) is 0 Å². The van der Waals surface area contributed by atoms with Crippen molar-refractivity contribution in [3.63, 3.8) is 0 Å². The van der Waals surface area contributed by atoms with Crippen molar-refractivity contribution in [3.05, 3.63) is 33.7 Å². The first-order chi connectivity index (χ1) is 19.7. The predicted molar refractivity (Wildman–Crippen MR) is 164 cm³/mol. The molecule has 4 unspecified atom stereocenters. The highest BCUT2D eigenvalue weighted by Gasteiger charge is 2.38. The summed E-state index contributed by atoms with van der Waals surface area (Å²) in [5, 5.41) is 2.69.